The number of hydrogen-bond acceptors (Lipinski definition) is 2. The molecule has 2 atom stereocenters. The van der Waals surface area contributed by atoms with Crippen LogP contribution >= 0.6 is 0 Å². The third kappa shape index (κ3) is 4.07. The second-order valence-corrected chi connectivity index (χ2v) is 7.08. The van der Waals surface area contributed by atoms with E-state index in [4.69, 9.17) is 10.5 Å². The summed E-state index contributed by atoms with van der Waals surface area (Å²) in [6.45, 7) is 8.20. The molecule has 2 nitrogen and oxygen atoms in total. The molecule has 0 radical (unpaired) electrons. The second-order valence-electron chi connectivity index (χ2n) is 7.08. The summed E-state index contributed by atoms with van der Waals surface area (Å²) in [6, 6.07) is 8.84. The summed E-state index contributed by atoms with van der Waals surface area (Å²) in [6.07, 6.45) is 5.34. The average molecular weight is 275 g/mol. The molecule has 1 aromatic carbocycles. The van der Waals surface area contributed by atoms with E-state index in [1.54, 1.807) is 0 Å². The van der Waals surface area contributed by atoms with Crippen LogP contribution in [0, 0.1) is 5.92 Å². The second kappa shape index (κ2) is 6.73. The predicted octanol–water partition coefficient (Wildman–Crippen LogP) is 4.02. The lowest BCUT2D eigenvalue weighted by molar-refractivity contribution is -0.0183. The first kappa shape index (κ1) is 15.5. The molecular formula is C18H29NO. The highest BCUT2D eigenvalue weighted by Gasteiger charge is 2.24. The molecule has 1 saturated carbocycles. The van der Waals surface area contributed by atoms with Gasteiger partial charge in [-0.2, -0.15) is 0 Å². The molecule has 2 heteroatoms. The first-order chi connectivity index (χ1) is 9.50. The molecule has 0 aromatic heterocycles. The zero-order valence-electron chi connectivity index (χ0n) is 13.2. The van der Waals surface area contributed by atoms with Gasteiger partial charge in [0.1, 0.15) is 0 Å². The van der Waals surface area contributed by atoms with Crippen molar-refractivity contribution < 1.29 is 4.74 Å². The Labute approximate surface area is 123 Å². The molecule has 1 aromatic rings. The Kier molecular flexibility index (Phi) is 5.22. The normalized spacial score (nSPS) is 23.8. The lowest BCUT2D eigenvalue weighted by Crippen LogP contribution is -2.33. The summed E-state index contributed by atoms with van der Waals surface area (Å²) in [7, 11) is 0. The molecule has 0 saturated heterocycles. The molecule has 1 aliphatic carbocycles. The van der Waals surface area contributed by atoms with Gasteiger partial charge in [-0.05, 0) is 41.8 Å². The minimum absolute atomic E-state index is 0.216. The van der Waals surface area contributed by atoms with Crippen molar-refractivity contribution in [3.63, 3.8) is 0 Å². The summed E-state index contributed by atoms with van der Waals surface area (Å²) in [4.78, 5) is 0. The van der Waals surface area contributed by atoms with E-state index >= 15 is 0 Å². The van der Waals surface area contributed by atoms with Gasteiger partial charge in [-0.1, -0.05) is 57.9 Å². The van der Waals surface area contributed by atoms with Crippen LogP contribution in [-0.4, -0.2) is 12.6 Å². The summed E-state index contributed by atoms with van der Waals surface area (Å²) >= 11 is 0. The summed E-state index contributed by atoms with van der Waals surface area (Å²) in [5.41, 5.74) is 8.70. The zero-order chi connectivity index (χ0) is 14.6. The van der Waals surface area contributed by atoms with E-state index < -0.39 is 0 Å². The Hall–Kier alpha value is -0.860. The third-order valence-corrected chi connectivity index (χ3v) is 4.43. The number of ether oxygens (including phenoxy) is 1. The number of benzene rings is 1. The van der Waals surface area contributed by atoms with E-state index in [9.17, 15) is 0 Å². The number of hydrogen-bond donors (Lipinski definition) is 1. The summed E-state index contributed by atoms with van der Waals surface area (Å²) in [5, 5.41) is 0. The van der Waals surface area contributed by atoms with Crippen molar-refractivity contribution in [2.75, 3.05) is 6.54 Å². The van der Waals surface area contributed by atoms with Crippen molar-refractivity contribution in [1.29, 1.82) is 0 Å². The van der Waals surface area contributed by atoms with Gasteiger partial charge in [0.25, 0.3) is 0 Å². The van der Waals surface area contributed by atoms with Crippen molar-refractivity contribution in [2.24, 2.45) is 11.7 Å². The van der Waals surface area contributed by atoms with Crippen molar-refractivity contribution in [3.05, 3.63) is 35.4 Å². The number of rotatable bonds is 4. The van der Waals surface area contributed by atoms with Gasteiger partial charge in [-0.25, -0.2) is 0 Å². The Morgan fingerprint density at radius 1 is 1.10 bits per heavy atom. The fourth-order valence-corrected chi connectivity index (χ4v) is 2.97. The van der Waals surface area contributed by atoms with E-state index in [1.807, 2.05) is 0 Å². The zero-order valence-corrected chi connectivity index (χ0v) is 13.2. The topological polar surface area (TPSA) is 35.2 Å². The van der Waals surface area contributed by atoms with Crippen LogP contribution in [0.5, 0.6) is 0 Å². The number of nitrogens with two attached hydrogens (primary N) is 1. The van der Waals surface area contributed by atoms with Crippen molar-refractivity contribution in [2.45, 2.75) is 64.6 Å². The largest absolute Gasteiger partial charge is 0.373 e. The van der Waals surface area contributed by atoms with Crippen LogP contribution in [0.1, 0.15) is 57.6 Å². The molecule has 0 bridgehead atoms. The third-order valence-electron chi connectivity index (χ3n) is 4.43. The van der Waals surface area contributed by atoms with Crippen LogP contribution in [0.3, 0.4) is 0 Å². The monoisotopic (exact) mass is 275 g/mol. The standard InChI is InChI=1S/C18H29NO/c1-18(2,3)16-10-8-14(9-11-16)13-20-17-7-5-4-6-15(17)12-19/h8-11,15,17H,4-7,12-13,19H2,1-3H3. The average Bonchev–Trinajstić information content (AvgIpc) is 2.45. The quantitative estimate of drug-likeness (QED) is 0.901. The van der Waals surface area contributed by atoms with Crippen LogP contribution in [0.2, 0.25) is 0 Å². The lowest BCUT2D eigenvalue weighted by Gasteiger charge is -2.30. The fraction of sp³-hybridized carbons (Fsp3) is 0.667. The highest BCUT2D eigenvalue weighted by Crippen LogP contribution is 2.27. The SMILES string of the molecule is CC(C)(C)c1ccc(COC2CCCCC2CN)cc1. The minimum atomic E-state index is 0.216. The van der Waals surface area contributed by atoms with Gasteiger partial charge >= 0.3 is 0 Å². The first-order valence-corrected chi connectivity index (χ1v) is 7.92. The van der Waals surface area contributed by atoms with Gasteiger partial charge in [0.15, 0.2) is 0 Å². The van der Waals surface area contributed by atoms with Gasteiger partial charge in [-0.3, -0.25) is 0 Å². The van der Waals surface area contributed by atoms with Gasteiger partial charge in [0, 0.05) is 0 Å². The molecule has 20 heavy (non-hydrogen) atoms. The van der Waals surface area contributed by atoms with E-state index in [1.165, 1.54) is 36.8 Å². The van der Waals surface area contributed by atoms with E-state index in [0.29, 0.717) is 18.6 Å². The highest BCUT2D eigenvalue weighted by molar-refractivity contribution is 5.27. The van der Waals surface area contributed by atoms with E-state index in [2.05, 4.69) is 45.0 Å². The molecule has 1 aliphatic rings. The van der Waals surface area contributed by atoms with E-state index in [0.717, 1.165) is 6.54 Å². The molecular weight excluding hydrogens is 246 g/mol. The molecule has 1 fully saturated rings. The highest BCUT2D eigenvalue weighted by atomic mass is 16.5. The van der Waals surface area contributed by atoms with Crippen molar-refractivity contribution >= 4 is 0 Å². The van der Waals surface area contributed by atoms with Gasteiger partial charge < -0.3 is 10.5 Å². The lowest BCUT2D eigenvalue weighted by atomic mass is 9.86. The van der Waals surface area contributed by atoms with Gasteiger partial charge in [0.2, 0.25) is 0 Å². The maximum Gasteiger partial charge on any atom is 0.0720 e. The van der Waals surface area contributed by atoms with Gasteiger partial charge in [0.05, 0.1) is 12.7 Å². The van der Waals surface area contributed by atoms with Crippen LogP contribution in [-0.2, 0) is 16.8 Å². The molecule has 0 spiro atoms. The van der Waals surface area contributed by atoms with Crippen LogP contribution in [0.4, 0.5) is 0 Å². The summed E-state index contributed by atoms with van der Waals surface area (Å²) in [5.74, 6) is 0.553. The maximum absolute atomic E-state index is 6.12. The minimum Gasteiger partial charge on any atom is -0.373 e. The Balaban J connectivity index is 1.90. The van der Waals surface area contributed by atoms with Crippen LogP contribution in [0.25, 0.3) is 0 Å². The smallest absolute Gasteiger partial charge is 0.0720 e. The maximum atomic E-state index is 6.12. The molecule has 0 heterocycles. The Morgan fingerprint density at radius 2 is 1.75 bits per heavy atom. The van der Waals surface area contributed by atoms with Gasteiger partial charge in [-0.15, -0.1) is 0 Å². The first-order valence-electron chi connectivity index (χ1n) is 7.92. The van der Waals surface area contributed by atoms with Crippen LogP contribution < -0.4 is 5.73 Å². The van der Waals surface area contributed by atoms with Crippen LogP contribution in [0.15, 0.2) is 24.3 Å². The van der Waals surface area contributed by atoms with E-state index in [-0.39, 0.29) is 5.41 Å². The Bertz CT molecular complexity index is 404. The Morgan fingerprint density at radius 3 is 2.35 bits per heavy atom. The van der Waals surface area contributed by atoms with Crippen molar-refractivity contribution in [1.82, 2.24) is 0 Å². The predicted molar refractivity (Wildman–Crippen MR) is 84.7 cm³/mol. The fourth-order valence-electron chi connectivity index (χ4n) is 2.97. The molecule has 2 N–H and O–H groups in total. The molecule has 112 valence electrons. The summed E-state index contributed by atoms with van der Waals surface area (Å²) < 4.78 is 6.12. The molecule has 2 rings (SSSR count). The van der Waals surface area contributed by atoms with Crippen molar-refractivity contribution in [3.8, 4) is 0 Å². The molecule has 0 aliphatic heterocycles. The molecule has 0 amide bonds. The molecule has 2 unspecified atom stereocenters.